The van der Waals surface area contributed by atoms with Crippen LogP contribution in [0.3, 0.4) is 0 Å². The number of anilines is 2. The summed E-state index contributed by atoms with van der Waals surface area (Å²) in [5.74, 6) is -0.800. The Morgan fingerprint density at radius 3 is 2.45 bits per heavy atom. The summed E-state index contributed by atoms with van der Waals surface area (Å²) in [4.78, 5) is 23.3. The van der Waals surface area contributed by atoms with Crippen molar-refractivity contribution in [1.82, 2.24) is 4.57 Å². The van der Waals surface area contributed by atoms with Crippen molar-refractivity contribution in [2.75, 3.05) is 5.32 Å². The highest BCUT2D eigenvalue weighted by Crippen LogP contribution is 2.21. The zero-order valence-corrected chi connectivity index (χ0v) is 13.1. The summed E-state index contributed by atoms with van der Waals surface area (Å²) in [6.07, 6.45) is 0. The summed E-state index contributed by atoms with van der Waals surface area (Å²) < 4.78 is 2.39. The molecule has 5 nitrogen and oxygen atoms in total. The number of carbonyl (C=O) groups is 1. The summed E-state index contributed by atoms with van der Waals surface area (Å²) in [5.41, 5.74) is 0.982. The molecule has 0 amide bonds. The monoisotopic (exact) mass is 384 g/mol. The van der Waals surface area contributed by atoms with E-state index >= 15 is 0 Å². The molecule has 1 heterocycles. The number of nitrogens with one attached hydrogen (secondary N) is 1. The van der Waals surface area contributed by atoms with Crippen LogP contribution in [0, 0.1) is 10.5 Å². The van der Waals surface area contributed by atoms with Gasteiger partial charge in [-0.2, -0.15) is 0 Å². The van der Waals surface area contributed by atoms with Gasteiger partial charge in [0.15, 0.2) is 0 Å². The molecule has 0 unspecified atom stereocenters. The van der Waals surface area contributed by atoms with E-state index in [4.69, 9.17) is 0 Å². The summed E-state index contributed by atoms with van der Waals surface area (Å²) in [6.45, 7) is 1.60. The SMILES string of the molecule is Cc1cc(C(=O)O)c(Nc2ccc(I)cc2)n(C)c1=O. The molecule has 0 aliphatic carbocycles. The zero-order chi connectivity index (χ0) is 14.9. The lowest BCUT2D eigenvalue weighted by Crippen LogP contribution is -2.24. The first-order chi connectivity index (χ1) is 9.40. The quantitative estimate of drug-likeness (QED) is 0.799. The van der Waals surface area contributed by atoms with Gasteiger partial charge in [0.2, 0.25) is 0 Å². The Bertz CT molecular complexity index is 720. The first-order valence-electron chi connectivity index (χ1n) is 5.86. The Morgan fingerprint density at radius 2 is 1.90 bits per heavy atom. The van der Waals surface area contributed by atoms with Crippen LogP contribution in [-0.4, -0.2) is 15.6 Å². The second-order valence-corrected chi connectivity index (χ2v) is 5.64. The highest BCUT2D eigenvalue weighted by molar-refractivity contribution is 14.1. The van der Waals surface area contributed by atoms with Gasteiger partial charge in [-0.3, -0.25) is 9.36 Å². The summed E-state index contributed by atoms with van der Waals surface area (Å²) in [6, 6.07) is 8.85. The van der Waals surface area contributed by atoms with E-state index in [0.29, 0.717) is 5.56 Å². The molecular weight excluding hydrogens is 371 g/mol. The number of carboxylic acid groups (broad SMARTS) is 1. The molecule has 0 radical (unpaired) electrons. The van der Waals surface area contributed by atoms with Crippen LogP contribution >= 0.6 is 22.6 Å². The molecule has 0 bridgehead atoms. The van der Waals surface area contributed by atoms with Crippen molar-refractivity contribution in [2.24, 2.45) is 7.05 Å². The van der Waals surface area contributed by atoms with Gasteiger partial charge in [-0.15, -0.1) is 0 Å². The van der Waals surface area contributed by atoms with Gasteiger partial charge in [-0.05, 0) is 59.8 Å². The predicted octanol–water partition coefficient (Wildman–Crippen LogP) is 2.74. The van der Waals surface area contributed by atoms with Gasteiger partial charge < -0.3 is 10.4 Å². The third kappa shape index (κ3) is 2.84. The minimum Gasteiger partial charge on any atom is -0.478 e. The molecule has 0 aliphatic heterocycles. The third-order valence-electron chi connectivity index (χ3n) is 2.93. The maximum Gasteiger partial charge on any atom is 0.339 e. The Kier molecular flexibility index (Phi) is 4.12. The Hall–Kier alpha value is -1.83. The number of benzene rings is 1. The first-order valence-corrected chi connectivity index (χ1v) is 6.94. The lowest BCUT2D eigenvalue weighted by atomic mass is 10.2. The van der Waals surface area contributed by atoms with Crippen molar-refractivity contribution in [3.05, 3.63) is 55.4 Å². The predicted molar refractivity (Wildman–Crippen MR) is 85.8 cm³/mol. The standard InChI is InChI=1S/C14H13IN2O3/c1-8-7-11(14(19)20)12(17(2)13(8)18)16-10-5-3-9(15)4-6-10/h3-7,16H,1-2H3,(H,19,20). The molecule has 104 valence electrons. The lowest BCUT2D eigenvalue weighted by Gasteiger charge is -2.15. The number of pyridine rings is 1. The number of hydrogen-bond donors (Lipinski definition) is 2. The number of aromatic carboxylic acids is 1. The van der Waals surface area contributed by atoms with E-state index in [1.54, 1.807) is 14.0 Å². The topological polar surface area (TPSA) is 71.3 Å². The van der Waals surface area contributed by atoms with E-state index in [9.17, 15) is 14.7 Å². The molecule has 0 saturated carbocycles. The number of aryl methyl sites for hydroxylation is 1. The highest BCUT2D eigenvalue weighted by atomic mass is 127. The van der Waals surface area contributed by atoms with Crippen LogP contribution in [0.2, 0.25) is 0 Å². The fourth-order valence-electron chi connectivity index (χ4n) is 1.88. The van der Waals surface area contributed by atoms with Crippen LogP contribution in [0.5, 0.6) is 0 Å². The molecule has 20 heavy (non-hydrogen) atoms. The fraction of sp³-hybridized carbons (Fsp3) is 0.143. The van der Waals surface area contributed by atoms with Crippen LogP contribution in [0.1, 0.15) is 15.9 Å². The molecular formula is C14H13IN2O3. The molecule has 0 spiro atoms. The molecule has 1 aromatic carbocycles. The zero-order valence-electron chi connectivity index (χ0n) is 11.0. The second-order valence-electron chi connectivity index (χ2n) is 4.39. The van der Waals surface area contributed by atoms with Crippen LogP contribution in [0.15, 0.2) is 35.1 Å². The molecule has 0 saturated heterocycles. The van der Waals surface area contributed by atoms with Gasteiger partial charge in [0.05, 0.1) is 0 Å². The number of hydrogen-bond acceptors (Lipinski definition) is 3. The smallest absolute Gasteiger partial charge is 0.339 e. The number of rotatable bonds is 3. The number of nitrogens with zero attached hydrogens (tertiary/aromatic N) is 1. The van der Waals surface area contributed by atoms with E-state index < -0.39 is 5.97 Å². The average molecular weight is 384 g/mol. The number of halogens is 1. The summed E-state index contributed by atoms with van der Waals surface area (Å²) in [5, 5.41) is 12.3. The van der Waals surface area contributed by atoms with Crippen molar-refractivity contribution in [1.29, 1.82) is 0 Å². The third-order valence-corrected chi connectivity index (χ3v) is 3.65. The van der Waals surface area contributed by atoms with Gasteiger partial charge >= 0.3 is 5.97 Å². The largest absolute Gasteiger partial charge is 0.478 e. The normalized spacial score (nSPS) is 10.3. The van der Waals surface area contributed by atoms with Gasteiger partial charge in [-0.25, -0.2) is 4.79 Å². The van der Waals surface area contributed by atoms with Gasteiger partial charge in [0, 0.05) is 21.9 Å². The summed E-state index contributed by atoms with van der Waals surface area (Å²) in [7, 11) is 1.55. The molecule has 1 aromatic heterocycles. The average Bonchev–Trinajstić information content (AvgIpc) is 2.41. The summed E-state index contributed by atoms with van der Waals surface area (Å²) >= 11 is 2.18. The van der Waals surface area contributed by atoms with Gasteiger partial charge in [0.1, 0.15) is 11.4 Å². The van der Waals surface area contributed by atoms with E-state index in [2.05, 4.69) is 27.9 Å². The van der Waals surface area contributed by atoms with Crippen LogP contribution in [0.25, 0.3) is 0 Å². The number of aromatic nitrogens is 1. The van der Waals surface area contributed by atoms with Crippen molar-refractivity contribution >= 4 is 40.1 Å². The van der Waals surface area contributed by atoms with E-state index in [1.165, 1.54) is 10.6 Å². The molecule has 2 rings (SSSR count). The minimum atomic E-state index is -1.07. The fourth-order valence-corrected chi connectivity index (χ4v) is 2.24. The van der Waals surface area contributed by atoms with Crippen molar-refractivity contribution in [3.8, 4) is 0 Å². The Balaban J connectivity index is 2.55. The molecule has 0 atom stereocenters. The van der Waals surface area contributed by atoms with Gasteiger partial charge in [0.25, 0.3) is 5.56 Å². The molecule has 0 fully saturated rings. The van der Waals surface area contributed by atoms with Gasteiger partial charge in [-0.1, -0.05) is 0 Å². The van der Waals surface area contributed by atoms with Crippen LogP contribution < -0.4 is 10.9 Å². The first kappa shape index (κ1) is 14.6. The lowest BCUT2D eigenvalue weighted by molar-refractivity contribution is 0.0697. The van der Waals surface area contributed by atoms with E-state index in [-0.39, 0.29) is 16.9 Å². The minimum absolute atomic E-state index is 0.0724. The number of carboxylic acids is 1. The van der Waals surface area contributed by atoms with Crippen molar-refractivity contribution in [3.63, 3.8) is 0 Å². The van der Waals surface area contributed by atoms with Crippen LogP contribution in [0.4, 0.5) is 11.5 Å². The Labute approximate surface area is 129 Å². The molecule has 2 N–H and O–H groups in total. The molecule has 0 aliphatic rings. The Morgan fingerprint density at radius 1 is 1.30 bits per heavy atom. The van der Waals surface area contributed by atoms with E-state index in [1.807, 2.05) is 24.3 Å². The maximum atomic E-state index is 11.9. The highest BCUT2D eigenvalue weighted by Gasteiger charge is 2.16. The molecule has 6 heteroatoms. The van der Waals surface area contributed by atoms with Crippen LogP contribution in [-0.2, 0) is 7.05 Å². The van der Waals surface area contributed by atoms with E-state index in [0.717, 1.165) is 9.26 Å². The maximum absolute atomic E-state index is 11.9. The second kappa shape index (κ2) is 5.66. The van der Waals surface area contributed by atoms with Crippen molar-refractivity contribution < 1.29 is 9.90 Å². The molecule has 2 aromatic rings. The van der Waals surface area contributed by atoms with Crippen molar-refractivity contribution in [2.45, 2.75) is 6.92 Å².